The Bertz CT molecular complexity index is 1100. The molecule has 0 aliphatic heterocycles. The first kappa shape index (κ1) is 24.1. The minimum Gasteiger partial charge on any atom is -0.497 e. The van der Waals surface area contributed by atoms with Crippen LogP contribution in [0.15, 0.2) is 53.7 Å². The largest absolute Gasteiger partial charge is 0.497 e. The Balaban J connectivity index is 1.62. The van der Waals surface area contributed by atoms with E-state index in [1.165, 1.54) is 18.9 Å². The zero-order valence-corrected chi connectivity index (χ0v) is 19.3. The molecule has 0 saturated heterocycles. The summed E-state index contributed by atoms with van der Waals surface area (Å²) >= 11 is 1.18. The molecule has 1 aromatic heterocycles. The highest BCUT2D eigenvalue weighted by molar-refractivity contribution is 7.99. The van der Waals surface area contributed by atoms with Gasteiger partial charge in [0.25, 0.3) is 5.91 Å². The fourth-order valence-corrected chi connectivity index (χ4v) is 3.71. The van der Waals surface area contributed by atoms with E-state index in [1.807, 2.05) is 6.07 Å². The van der Waals surface area contributed by atoms with E-state index in [0.29, 0.717) is 33.7 Å². The van der Waals surface area contributed by atoms with Gasteiger partial charge in [0.1, 0.15) is 17.5 Å². The summed E-state index contributed by atoms with van der Waals surface area (Å²) in [4.78, 5) is 24.9. The number of aliphatic hydroxyl groups is 1. The van der Waals surface area contributed by atoms with Crippen molar-refractivity contribution in [3.05, 3.63) is 59.9 Å². The third-order valence-electron chi connectivity index (χ3n) is 4.73. The van der Waals surface area contributed by atoms with E-state index in [4.69, 9.17) is 9.47 Å². The molecule has 3 rings (SSSR count). The van der Waals surface area contributed by atoms with E-state index in [0.717, 1.165) is 0 Å². The molecule has 33 heavy (non-hydrogen) atoms. The van der Waals surface area contributed by atoms with Gasteiger partial charge in [0.15, 0.2) is 11.0 Å². The maximum absolute atomic E-state index is 12.6. The molecule has 174 valence electrons. The topological polar surface area (TPSA) is 128 Å². The van der Waals surface area contributed by atoms with Gasteiger partial charge in [-0.2, -0.15) is 0 Å². The molecule has 3 aromatic rings. The van der Waals surface area contributed by atoms with Crippen molar-refractivity contribution in [2.24, 2.45) is 7.05 Å². The predicted octanol–water partition coefficient (Wildman–Crippen LogP) is 2.03. The normalized spacial score (nSPS) is 11.5. The molecule has 0 aliphatic carbocycles. The van der Waals surface area contributed by atoms with Gasteiger partial charge in [0.05, 0.1) is 32.3 Å². The van der Waals surface area contributed by atoms with Crippen LogP contribution in [-0.4, -0.2) is 58.3 Å². The van der Waals surface area contributed by atoms with Crippen LogP contribution >= 0.6 is 11.8 Å². The van der Waals surface area contributed by atoms with Gasteiger partial charge in [-0.3, -0.25) is 9.59 Å². The first-order chi connectivity index (χ1) is 16.0. The molecule has 10 nitrogen and oxygen atoms in total. The van der Waals surface area contributed by atoms with Crippen molar-refractivity contribution in [3.63, 3.8) is 0 Å². The first-order valence-corrected chi connectivity index (χ1v) is 11.0. The standard InChI is InChI=1S/C22H25N5O5S/c1-27-20(17(12-28)24-21(30)14-8-10-15(31-2)11-9-14)25-26-22(27)33-13-19(29)23-16-6-4-5-7-18(16)32-3/h4-11,17,28H,12-13H2,1-3H3,(H,23,29)(H,24,30)/t17-/m0/s1. The number of aromatic nitrogens is 3. The van der Waals surface area contributed by atoms with Crippen LogP contribution in [0, 0.1) is 0 Å². The van der Waals surface area contributed by atoms with Crippen molar-refractivity contribution >= 4 is 29.3 Å². The summed E-state index contributed by atoms with van der Waals surface area (Å²) in [7, 11) is 4.78. The third-order valence-corrected chi connectivity index (χ3v) is 5.75. The third kappa shape index (κ3) is 6.02. The number of anilines is 1. The fraction of sp³-hybridized carbons (Fsp3) is 0.273. The van der Waals surface area contributed by atoms with E-state index in [-0.39, 0.29) is 24.2 Å². The van der Waals surface area contributed by atoms with Crippen molar-refractivity contribution in [3.8, 4) is 11.5 Å². The highest BCUT2D eigenvalue weighted by Gasteiger charge is 2.22. The number of methoxy groups -OCH3 is 2. The summed E-state index contributed by atoms with van der Waals surface area (Å²) in [6, 6.07) is 13.0. The Labute approximate surface area is 195 Å². The number of carbonyl (C=O) groups excluding carboxylic acids is 2. The van der Waals surface area contributed by atoms with Crippen LogP contribution in [0.25, 0.3) is 0 Å². The smallest absolute Gasteiger partial charge is 0.251 e. The summed E-state index contributed by atoms with van der Waals surface area (Å²) in [6.45, 7) is -0.368. The van der Waals surface area contributed by atoms with Gasteiger partial charge in [-0.15, -0.1) is 10.2 Å². The van der Waals surface area contributed by atoms with Crippen LogP contribution < -0.4 is 20.1 Å². The molecule has 11 heteroatoms. The van der Waals surface area contributed by atoms with E-state index < -0.39 is 6.04 Å². The van der Waals surface area contributed by atoms with E-state index in [1.54, 1.807) is 61.2 Å². The second-order valence-corrected chi connectivity index (χ2v) is 7.82. The van der Waals surface area contributed by atoms with Crippen molar-refractivity contribution in [2.75, 3.05) is 31.9 Å². The Hall–Kier alpha value is -3.57. The summed E-state index contributed by atoms with van der Waals surface area (Å²) in [5.41, 5.74) is 0.991. The zero-order valence-electron chi connectivity index (χ0n) is 18.4. The van der Waals surface area contributed by atoms with Crippen LogP contribution in [0.4, 0.5) is 5.69 Å². The van der Waals surface area contributed by atoms with E-state index in [9.17, 15) is 14.7 Å². The molecule has 0 unspecified atom stereocenters. The average Bonchev–Trinajstić information content (AvgIpc) is 3.21. The number of para-hydroxylation sites is 2. The highest BCUT2D eigenvalue weighted by Crippen LogP contribution is 2.24. The van der Waals surface area contributed by atoms with Crippen molar-refractivity contribution in [1.29, 1.82) is 0 Å². The average molecular weight is 472 g/mol. The Morgan fingerprint density at radius 2 is 1.82 bits per heavy atom. The second-order valence-electron chi connectivity index (χ2n) is 6.87. The molecule has 1 heterocycles. The maximum Gasteiger partial charge on any atom is 0.251 e. The molecule has 2 amide bonds. The Kier molecular flexibility index (Phi) is 8.28. The molecular weight excluding hydrogens is 446 g/mol. The number of nitrogens with one attached hydrogen (secondary N) is 2. The molecule has 0 radical (unpaired) electrons. The first-order valence-electron chi connectivity index (χ1n) is 9.97. The van der Waals surface area contributed by atoms with Crippen LogP contribution in [0.3, 0.4) is 0 Å². The molecule has 0 spiro atoms. The summed E-state index contributed by atoms with van der Waals surface area (Å²) in [5.74, 6) is 1.05. The number of benzene rings is 2. The minimum absolute atomic E-state index is 0.0893. The lowest BCUT2D eigenvalue weighted by molar-refractivity contribution is -0.113. The van der Waals surface area contributed by atoms with Gasteiger partial charge in [0, 0.05) is 12.6 Å². The number of aliphatic hydroxyl groups excluding tert-OH is 1. The fourth-order valence-electron chi connectivity index (χ4n) is 3.00. The van der Waals surface area contributed by atoms with Gasteiger partial charge in [0.2, 0.25) is 5.91 Å². The molecule has 2 aromatic carbocycles. The van der Waals surface area contributed by atoms with Gasteiger partial charge < -0.3 is 29.8 Å². The van der Waals surface area contributed by atoms with Gasteiger partial charge >= 0.3 is 0 Å². The zero-order chi connectivity index (χ0) is 23.8. The Morgan fingerprint density at radius 1 is 1.09 bits per heavy atom. The molecular formula is C22H25N5O5S. The van der Waals surface area contributed by atoms with Crippen LogP contribution in [-0.2, 0) is 11.8 Å². The quantitative estimate of drug-likeness (QED) is 0.383. The second kappa shape index (κ2) is 11.3. The minimum atomic E-state index is -0.770. The van der Waals surface area contributed by atoms with Gasteiger partial charge in [-0.05, 0) is 36.4 Å². The lowest BCUT2D eigenvalue weighted by Crippen LogP contribution is -2.32. The monoisotopic (exact) mass is 471 g/mol. The van der Waals surface area contributed by atoms with Crippen molar-refractivity contribution < 1.29 is 24.2 Å². The molecule has 3 N–H and O–H groups in total. The summed E-state index contributed by atoms with van der Waals surface area (Å²) < 4.78 is 12.0. The molecule has 0 saturated carbocycles. The molecule has 0 fully saturated rings. The highest BCUT2D eigenvalue weighted by atomic mass is 32.2. The van der Waals surface area contributed by atoms with Crippen LogP contribution in [0.5, 0.6) is 11.5 Å². The number of nitrogens with zero attached hydrogens (tertiary/aromatic N) is 3. The maximum atomic E-state index is 12.6. The summed E-state index contributed by atoms with van der Waals surface area (Å²) in [5, 5.41) is 24.0. The molecule has 0 aliphatic rings. The number of thioether (sulfide) groups is 1. The SMILES string of the molecule is COc1ccc(C(=O)N[C@@H](CO)c2nnc(SCC(=O)Nc3ccccc3OC)n2C)cc1. The number of amides is 2. The van der Waals surface area contributed by atoms with E-state index >= 15 is 0 Å². The van der Waals surface area contributed by atoms with Crippen molar-refractivity contribution in [2.45, 2.75) is 11.2 Å². The molecule has 0 bridgehead atoms. The lowest BCUT2D eigenvalue weighted by atomic mass is 10.2. The Morgan fingerprint density at radius 3 is 2.48 bits per heavy atom. The summed E-state index contributed by atoms with van der Waals surface area (Å²) in [6.07, 6.45) is 0. The number of carbonyl (C=O) groups is 2. The lowest BCUT2D eigenvalue weighted by Gasteiger charge is -2.16. The predicted molar refractivity (Wildman–Crippen MR) is 124 cm³/mol. The van der Waals surface area contributed by atoms with Crippen molar-refractivity contribution in [1.82, 2.24) is 20.1 Å². The number of hydrogen-bond donors (Lipinski definition) is 3. The number of ether oxygens (including phenoxy) is 2. The number of hydrogen-bond acceptors (Lipinski definition) is 8. The van der Waals surface area contributed by atoms with E-state index in [2.05, 4.69) is 20.8 Å². The van der Waals surface area contributed by atoms with Gasteiger partial charge in [-0.1, -0.05) is 23.9 Å². The van der Waals surface area contributed by atoms with Crippen LogP contribution in [0.2, 0.25) is 0 Å². The van der Waals surface area contributed by atoms with Crippen LogP contribution in [0.1, 0.15) is 22.2 Å². The number of rotatable bonds is 10. The molecule has 1 atom stereocenters. The van der Waals surface area contributed by atoms with Gasteiger partial charge in [-0.25, -0.2) is 0 Å².